The van der Waals surface area contributed by atoms with Gasteiger partial charge in [-0.25, -0.2) is 4.90 Å². The van der Waals surface area contributed by atoms with E-state index in [9.17, 15) is 19.2 Å². The molecule has 4 aliphatic rings. The summed E-state index contributed by atoms with van der Waals surface area (Å²) in [6.07, 6.45) is 4.92. The van der Waals surface area contributed by atoms with Crippen molar-refractivity contribution in [1.82, 2.24) is 0 Å². The number of ether oxygens (including phenoxy) is 1. The van der Waals surface area contributed by atoms with Crippen molar-refractivity contribution < 1.29 is 23.9 Å². The van der Waals surface area contributed by atoms with Crippen LogP contribution in [-0.4, -0.2) is 30.2 Å². The van der Waals surface area contributed by atoms with Crippen LogP contribution in [-0.2, 0) is 19.2 Å². The molecule has 2 aromatic rings. The number of benzene rings is 2. The summed E-state index contributed by atoms with van der Waals surface area (Å²) in [5.41, 5.74) is 0.829. The number of fused-ring (bicyclic) bond motifs is 5. The van der Waals surface area contributed by atoms with Crippen molar-refractivity contribution >= 4 is 58.3 Å². The molecule has 178 valence electrons. The van der Waals surface area contributed by atoms with E-state index in [1.807, 2.05) is 12.2 Å². The molecule has 0 unspecified atom stereocenters. The van der Waals surface area contributed by atoms with Crippen LogP contribution in [0.25, 0.3) is 0 Å². The van der Waals surface area contributed by atoms with Gasteiger partial charge in [-0.05, 0) is 42.5 Å². The first kappa shape index (κ1) is 22.3. The fourth-order valence-corrected chi connectivity index (χ4v) is 6.24. The molecule has 2 heterocycles. The van der Waals surface area contributed by atoms with Crippen LogP contribution in [0.4, 0.5) is 11.4 Å². The quantitative estimate of drug-likeness (QED) is 0.265. The molecule has 2 aliphatic heterocycles. The van der Waals surface area contributed by atoms with E-state index in [-0.39, 0.29) is 65.1 Å². The number of carbonyl (C=O) groups is 4. The lowest BCUT2D eigenvalue weighted by molar-refractivity contribution is -0.139. The van der Waals surface area contributed by atoms with Gasteiger partial charge in [-0.15, -0.1) is 0 Å². The van der Waals surface area contributed by atoms with Crippen LogP contribution in [0.1, 0.15) is 12.8 Å². The molecule has 3 amide bonds. The Kier molecular flexibility index (Phi) is 5.23. The van der Waals surface area contributed by atoms with Gasteiger partial charge in [0.2, 0.25) is 17.7 Å². The monoisotopic (exact) mass is 510 g/mol. The summed E-state index contributed by atoms with van der Waals surface area (Å²) in [6.45, 7) is 0.111. The second-order valence-corrected chi connectivity index (χ2v) is 10.2. The number of hydrogen-bond donors (Lipinski definition) is 0. The van der Waals surface area contributed by atoms with Gasteiger partial charge in [0.25, 0.3) is 0 Å². The molecule has 3 fully saturated rings. The second-order valence-electron chi connectivity index (χ2n) is 9.41. The maximum atomic E-state index is 13.1. The first-order chi connectivity index (χ1) is 16.8. The molecule has 2 bridgehead atoms. The maximum Gasteiger partial charge on any atom is 0.316 e. The highest BCUT2D eigenvalue weighted by atomic mass is 35.5. The Hall–Kier alpha value is -3.16. The SMILES string of the molecule is O=C(Oc1cccc(N2C(=O)[C@H]3[C@H](C2=O)[C@H]2C=C[C@H]3C2)c1)[C@@H]1CC(=O)N(c2cccc(Cl)c2Cl)C1. The molecular weight excluding hydrogens is 491 g/mol. The highest BCUT2D eigenvalue weighted by Gasteiger charge is 2.59. The predicted molar refractivity (Wildman–Crippen MR) is 129 cm³/mol. The minimum absolute atomic E-state index is 0.0242. The van der Waals surface area contributed by atoms with Gasteiger partial charge in [-0.2, -0.15) is 0 Å². The van der Waals surface area contributed by atoms with E-state index in [2.05, 4.69) is 0 Å². The molecule has 35 heavy (non-hydrogen) atoms. The summed E-state index contributed by atoms with van der Waals surface area (Å²) in [6, 6.07) is 11.4. The molecule has 0 N–H and O–H groups in total. The first-order valence-corrected chi connectivity index (χ1v) is 12.2. The number of allylic oxidation sites excluding steroid dienone is 2. The molecule has 0 aromatic heterocycles. The van der Waals surface area contributed by atoms with Gasteiger partial charge in [0.15, 0.2) is 0 Å². The Morgan fingerprint density at radius 2 is 1.63 bits per heavy atom. The standard InChI is InChI=1S/C26H20Cl2N2O5/c27-18-5-2-6-19(23(18)28)29-12-15(10-20(29)31)26(34)35-17-4-1-3-16(11-17)30-24(32)21-13-7-8-14(9-13)22(21)25(30)33/h1-8,11,13-15,21-22H,9-10,12H2/t13-,14-,15+,21+,22+/m0/s1. The molecule has 7 nitrogen and oxygen atoms in total. The Labute approximate surface area is 211 Å². The number of rotatable bonds is 4. The third-order valence-electron chi connectivity index (χ3n) is 7.44. The van der Waals surface area contributed by atoms with Crippen LogP contribution in [0.2, 0.25) is 10.0 Å². The molecular formula is C26H20Cl2N2O5. The normalized spacial score (nSPS) is 28.9. The molecule has 2 aromatic carbocycles. The van der Waals surface area contributed by atoms with Crippen molar-refractivity contribution in [3.05, 3.63) is 64.7 Å². The summed E-state index contributed by atoms with van der Waals surface area (Å²) in [7, 11) is 0. The van der Waals surface area contributed by atoms with Crippen molar-refractivity contribution in [1.29, 1.82) is 0 Å². The third-order valence-corrected chi connectivity index (χ3v) is 8.25. The van der Waals surface area contributed by atoms with Gasteiger partial charge >= 0.3 is 5.97 Å². The highest BCUT2D eigenvalue weighted by molar-refractivity contribution is 6.44. The van der Waals surface area contributed by atoms with E-state index in [1.165, 1.54) is 15.9 Å². The summed E-state index contributed by atoms with van der Waals surface area (Å²) in [5.74, 6) is -2.11. The number of hydrogen-bond acceptors (Lipinski definition) is 5. The van der Waals surface area contributed by atoms with Gasteiger partial charge in [-0.3, -0.25) is 19.2 Å². The van der Waals surface area contributed by atoms with Crippen molar-refractivity contribution in [2.45, 2.75) is 12.8 Å². The minimum atomic E-state index is -0.697. The lowest BCUT2D eigenvalue weighted by Crippen LogP contribution is -2.32. The third kappa shape index (κ3) is 3.48. The number of halogens is 2. The van der Waals surface area contributed by atoms with Gasteiger partial charge < -0.3 is 9.64 Å². The summed E-state index contributed by atoms with van der Waals surface area (Å²) in [4.78, 5) is 54.3. The Morgan fingerprint density at radius 3 is 2.34 bits per heavy atom. The molecule has 5 atom stereocenters. The predicted octanol–water partition coefficient (Wildman–Crippen LogP) is 4.26. The van der Waals surface area contributed by atoms with E-state index < -0.39 is 11.9 Å². The van der Waals surface area contributed by atoms with Crippen LogP contribution >= 0.6 is 23.2 Å². The summed E-state index contributed by atoms with van der Waals surface area (Å²) in [5, 5.41) is 0.566. The summed E-state index contributed by atoms with van der Waals surface area (Å²) < 4.78 is 5.57. The van der Waals surface area contributed by atoms with Crippen LogP contribution in [0.15, 0.2) is 54.6 Å². The van der Waals surface area contributed by atoms with Crippen molar-refractivity contribution in [3.8, 4) is 5.75 Å². The maximum absolute atomic E-state index is 13.1. The Morgan fingerprint density at radius 1 is 0.943 bits per heavy atom. The number of anilines is 2. The molecule has 0 spiro atoms. The zero-order valence-electron chi connectivity index (χ0n) is 18.4. The number of carbonyl (C=O) groups excluding carboxylic acids is 4. The lowest BCUT2D eigenvalue weighted by Gasteiger charge is -2.19. The van der Waals surface area contributed by atoms with Crippen LogP contribution in [0.3, 0.4) is 0 Å². The molecule has 6 rings (SSSR count). The fourth-order valence-electron chi connectivity index (χ4n) is 5.84. The van der Waals surface area contributed by atoms with Crippen molar-refractivity contribution in [2.75, 3.05) is 16.3 Å². The molecule has 0 radical (unpaired) electrons. The van der Waals surface area contributed by atoms with Crippen LogP contribution in [0.5, 0.6) is 5.75 Å². The van der Waals surface area contributed by atoms with Crippen molar-refractivity contribution in [2.24, 2.45) is 29.6 Å². The molecule has 1 saturated carbocycles. The number of esters is 1. The zero-order chi connectivity index (χ0) is 24.4. The molecule has 2 aliphatic carbocycles. The van der Waals surface area contributed by atoms with Crippen molar-refractivity contribution in [3.63, 3.8) is 0 Å². The van der Waals surface area contributed by atoms with E-state index >= 15 is 0 Å². The largest absolute Gasteiger partial charge is 0.426 e. The fraction of sp³-hybridized carbons (Fsp3) is 0.308. The smallest absolute Gasteiger partial charge is 0.316 e. The Balaban J connectivity index is 1.18. The number of amides is 3. The molecule has 9 heteroatoms. The average molecular weight is 511 g/mol. The van der Waals surface area contributed by atoms with Gasteiger partial charge in [0.05, 0.1) is 39.2 Å². The lowest BCUT2D eigenvalue weighted by atomic mass is 9.85. The topological polar surface area (TPSA) is 84.0 Å². The van der Waals surface area contributed by atoms with Gasteiger partial charge in [-0.1, -0.05) is 47.5 Å². The highest BCUT2D eigenvalue weighted by Crippen LogP contribution is 2.53. The number of imide groups is 1. The number of nitrogens with zero attached hydrogens (tertiary/aromatic N) is 2. The molecule has 2 saturated heterocycles. The summed E-state index contributed by atoms with van der Waals surface area (Å²) >= 11 is 12.3. The Bertz CT molecular complexity index is 1290. The van der Waals surface area contributed by atoms with E-state index in [0.717, 1.165) is 6.42 Å². The van der Waals surface area contributed by atoms with Crippen LogP contribution in [0, 0.1) is 29.6 Å². The minimum Gasteiger partial charge on any atom is -0.426 e. The van der Waals surface area contributed by atoms with Gasteiger partial charge in [0, 0.05) is 19.0 Å². The second kappa shape index (κ2) is 8.21. The average Bonchev–Trinajstić information content (AvgIpc) is 3.59. The first-order valence-electron chi connectivity index (χ1n) is 11.5. The van der Waals surface area contributed by atoms with E-state index in [1.54, 1.807) is 36.4 Å². The van der Waals surface area contributed by atoms with E-state index in [0.29, 0.717) is 16.4 Å². The van der Waals surface area contributed by atoms with E-state index in [4.69, 9.17) is 27.9 Å². The van der Waals surface area contributed by atoms with Gasteiger partial charge in [0.1, 0.15) is 5.75 Å². The zero-order valence-corrected chi connectivity index (χ0v) is 19.9. The van der Waals surface area contributed by atoms with Crippen LogP contribution < -0.4 is 14.5 Å².